The zero-order valence-corrected chi connectivity index (χ0v) is 17.6. The van der Waals surface area contributed by atoms with Crippen molar-refractivity contribution in [2.75, 3.05) is 23.4 Å². The van der Waals surface area contributed by atoms with Crippen molar-refractivity contribution in [1.82, 2.24) is 0 Å². The predicted octanol–water partition coefficient (Wildman–Crippen LogP) is 3.95. The summed E-state index contributed by atoms with van der Waals surface area (Å²) in [5.74, 6) is -1.93. The number of nitrogens with one attached hydrogen (secondary N) is 1. The van der Waals surface area contributed by atoms with Crippen molar-refractivity contribution < 1.29 is 24.5 Å². The molecule has 7 nitrogen and oxygen atoms in total. The summed E-state index contributed by atoms with van der Waals surface area (Å²) in [7, 11) is 0. The summed E-state index contributed by atoms with van der Waals surface area (Å²) in [6, 6.07) is 10.5. The molecule has 0 saturated carbocycles. The molecule has 0 amide bonds. The van der Waals surface area contributed by atoms with E-state index in [0.29, 0.717) is 17.3 Å². The van der Waals surface area contributed by atoms with E-state index in [1.165, 1.54) is 0 Å². The highest BCUT2D eigenvalue weighted by molar-refractivity contribution is 6.30. The number of anilines is 2. The highest BCUT2D eigenvalue weighted by Gasteiger charge is 2.35. The maximum absolute atomic E-state index is 11.9. The second kappa shape index (κ2) is 8.89. The maximum atomic E-state index is 11.9. The lowest BCUT2D eigenvalue weighted by Crippen LogP contribution is -2.46. The van der Waals surface area contributed by atoms with Crippen molar-refractivity contribution in [1.29, 1.82) is 0 Å². The fraction of sp³-hybridized carbons (Fsp3) is 0.304. The number of halogens is 1. The lowest BCUT2D eigenvalue weighted by atomic mass is 9.99. The minimum absolute atomic E-state index is 0.0329. The van der Waals surface area contributed by atoms with E-state index >= 15 is 0 Å². The molecule has 3 N–H and O–H groups in total. The molecule has 2 aromatic carbocycles. The molecule has 0 fully saturated rings. The first kappa shape index (κ1) is 21.1. The fourth-order valence-corrected chi connectivity index (χ4v) is 4.34. The van der Waals surface area contributed by atoms with Gasteiger partial charge in [0.2, 0.25) is 0 Å². The number of nitrogens with zero attached hydrogens (tertiary/aromatic N) is 1. The Morgan fingerprint density at radius 3 is 2.81 bits per heavy atom. The Kier molecular flexibility index (Phi) is 6.04. The zero-order valence-electron chi connectivity index (χ0n) is 16.8. The summed E-state index contributed by atoms with van der Waals surface area (Å²) in [6.45, 7) is 1.25. The van der Waals surface area contributed by atoms with Crippen molar-refractivity contribution in [2.45, 2.75) is 31.8 Å². The summed E-state index contributed by atoms with van der Waals surface area (Å²) in [5, 5.41) is 23.0. The van der Waals surface area contributed by atoms with Crippen LogP contribution in [0.2, 0.25) is 5.02 Å². The van der Waals surface area contributed by atoms with Crippen LogP contribution in [0.3, 0.4) is 0 Å². The van der Waals surface area contributed by atoms with Crippen molar-refractivity contribution in [3.8, 4) is 5.75 Å². The molecule has 2 aliphatic heterocycles. The van der Waals surface area contributed by atoms with Crippen molar-refractivity contribution in [2.24, 2.45) is 0 Å². The topological polar surface area (TPSA) is 99.1 Å². The third kappa shape index (κ3) is 4.61. The predicted molar refractivity (Wildman–Crippen MR) is 118 cm³/mol. The number of ether oxygens (including phenoxy) is 1. The van der Waals surface area contributed by atoms with E-state index in [9.17, 15) is 19.8 Å². The molecule has 0 spiro atoms. The average Bonchev–Trinajstić information content (AvgIpc) is 2.96. The van der Waals surface area contributed by atoms with Crippen molar-refractivity contribution in [3.63, 3.8) is 0 Å². The molecule has 2 heterocycles. The molecule has 162 valence electrons. The number of carboxylic acid groups (broad SMARTS) is 2. The number of rotatable bonds is 5. The highest BCUT2D eigenvalue weighted by atomic mass is 35.5. The first-order valence-electron chi connectivity index (χ1n) is 10.1. The molecule has 0 radical (unpaired) electrons. The van der Waals surface area contributed by atoms with Gasteiger partial charge in [0.1, 0.15) is 12.4 Å². The number of aliphatic carboxylic acids is 2. The molecule has 4 rings (SSSR count). The average molecular weight is 443 g/mol. The van der Waals surface area contributed by atoms with E-state index < -0.39 is 18.0 Å². The standard InChI is InChI=1S/C23H23ClN2O5/c24-16-6-3-4-14(8-16)12-26-19-11-18-15(5-1-2-7-25-18)9-21(19)31-13-20(26)17(23(29)30)10-22(27)28/h3-4,6,8-11,20,25H,1-2,5,7,12-13H2,(H,27,28)(H,29,30). The molecular formula is C23H23ClN2O5. The summed E-state index contributed by atoms with van der Waals surface area (Å²) < 4.78 is 5.95. The normalized spacial score (nSPS) is 18.2. The lowest BCUT2D eigenvalue weighted by molar-refractivity contribution is -0.135. The van der Waals surface area contributed by atoms with E-state index in [0.717, 1.165) is 54.4 Å². The Morgan fingerprint density at radius 1 is 1.23 bits per heavy atom. The smallest absolute Gasteiger partial charge is 0.334 e. The van der Waals surface area contributed by atoms with Crippen molar-refractivity contribution >= 4 is 34.9 Å². The van der Waals surface area contributed by atoms with Crippen LogP contribution in [0.5, 0.6) is 5.75 Å². The number of hydrogen-bond donors (Lipinski definition) is 3. The van der Waals surface area contributed by atoms with E-state index in [2.05, 4.69) is 5.32 Å². The van der Waals surface area contributed by atoms with Crippen LogP contribution in [0.4, 0.5) is 11.4 Å². The monoisotopic (exact) mass is 442 g/mol. The van der Waals surface area contributed by atoms with Crippen LogP contribution in [0.15, 0.2) is 48.0 Å². The third-order valence-corrected chi connectivity index (χ3v) is 5.82. The van der Waals surface area contributed by atoms with E-state index in [-0.39, 0.29) is 12.2 Å². The van der Waals surface area contributed by atoms with Gasteiger partial charge in [-0.15, -0.1) is 0 Å². The van der Waals surface area contributed by atoms with Gasteiger partial charge >= 0.3 is 11.9 Å². The van der Waals surface area contributed by atoms with Gasteiger partial charge in [-0.3, -0.25) is 0 Å². The maximum Gasteiger partial charge on any atom is 0.334 e. The number of benzene rings is 2. The fourth-order valence-electron chi connectivity index (χ4n) is 4.13. The molecular weight excluding hydrogens is 420 g/mol. The van der Waals surface area contributed by atoms with Crippen molar-refractivity contribution in [3.05, 3.63) is 64.2 Å². The highest BCUT2D eigenvalue weighted by Crippen LogP contribution is 2.41. The minimum Gasteiger partial charge on any atom is -0.489 e. The molecule has 1 atom stereocenters. The molecule has 31 heavy (non-hydrogen) atoms. The molecule has 0 bridgehead atoms. The van der Waals surface area contributed by atoms with E-state index in [4.69, 9.17) is 16.3 Å². The van der Waals surface area contributed by atoms with Crippen LogP contribution in [0.25, 0.3) is 0 Å². The van der Waals surface area contributed by atoms with Crippen LogP contribution < -0.4 is 15.0 Å². The number of fused-ring (bicyclic) bond motifs is 2. The van der Waals surface area contributed by atoms with Gasteiger partial charge in [0.15, 0.2) is 0 Å². The number of hydrogen-bond acceptors (Lipinski definition) is 5. The summed E-state index contributed by atoms with van der Waals surface area (Å²) in [4.78, 5) is 25.1. The van der Waals surface area contributed by atoms with Crippen LogP contribution in [0.1, 0.15) is 24.0 Å². The Bertz CT molecular complexity index is 1050. The van der Waals surface area contributed by atoms with Crippen LogP contribution >= 0.6 is 11.6 Å². The molecule has 1 unspecified atom stereocenters. The Hall–Kier alpha value is -3.19. The number of aryl methyl sites for hydroxylation is 1. The quantitative estimate of drug-likeness (QED) is 0.603. The summed E-state index contributed by atoms with van der Waals surface area (Å²) in [5.41, 5.74) is 3.53. The molecule has 0 saturated heterocycles. The van der Waals surface area contributed by atoms with Gasteiger partial charge in [-0.05, 0) is 54.7 Å². The van der Waals surface area contributed by atoms with Gasteiger partial charge in [0, 0.05) is 29.9 Å². The van der Waals surface area contributed by atoms with Crippen LogP contribution in [-0.4, -0.2) is 41.3 Å². The van der Waals surface area contributed by atoms with E-state index in [1.807, 2.05) is 35.2 Å². The molecule has 2 aliphatic rings. The molecule has 0 aromatic heterocycles. The van der Waals surface area contributed by atoms with E-state index in [1.54, 1.807) is 6.07 Å². The third-order valence-electron chi connectivity index (χ3n) is 5.58. The SMILES string of the molecule is O=C(O)C=C(C(=O)O)C1COc2cc3c(cc2N1Cc1cccc(Cl)c1)NCCCC3. The summed E-state index contributed by atoms with van der Waals surface area (Å²) in [6.07, 6.45) is 3.84. The lowest BCUT2D eigenvalue weighted by Gasteiger charge is -2.39. The summed E-state index contributed by atoms with van der Waals surface area (Å²) >= 11 is 6.16. The minimum atomic E-state index is -1.31. The molecule has 2 aromatic rings. The first-order valence-corrected chi connectivity index (χ1v) is 10.5. The van der Waals surface area contributed by atoms with Gasteiger partial charge in [-0.25, -0.2) is 9.59 Å². The number of carbonyl (C=O) groups is 2. The van der Waals surface area contributed by atoms with Gasteiger partial charge in [0.05, 0.1) is 17.3 Å². The molecule has 8 heteroatoms. The Morgan fingerprint density at radius 2 is 2.06 bits per heavy atom. The van der Waals surface area contributed by atoms with Gasteiger partial charge < -0.3 is 25.2 Å². The van der Waals surface area contributed by atoms with Gasteiger partial charge in [-0.1, -0.05) is 23.7 Å². The zero-order chi connectivity index (χ0) is 22.0. The van der Waals surface area contributed by atoms with Crippen LogP contribution in [-0.2, 0) is 22.6 Å². The number of carboxylic acids is 2. The first-order chi connectivity index (χ1) is 14.9. The van der Waals surface area contributed by atoms with Crippen LogP contribution in [0, 0.1) is 0 Å². The van der Waals surface area contributed by atoms with Gasteiger partial charge in [-0.2, -0.15) is 0 Å². The second-order valence-corrected chi connectivity index (χ2v) is 8.13. The largest absolute Gasteiger partial charge is 0.489 e. The Labute approximate surface area is 184 Å². The van der Waals surface area contributed by atoms with Gasteiger partial charge in [0.25, 0.3) is 0 Å². The Balaban J connectivity index is 1.81. The second-order valence-electron chi connectivity index (χ2n) is 7.69. The molecule has 0 aliphatic carbocycles.